The van der Waals surface area contributed by atoms with Crippen LogP contribution < -0.4 is 15.5 Å². The van der Waals surface area contributed by atoms with Crippen molar-refractivity contribution in [1.82, 2.24) is 10.6 Å². The van der Waals surface area contributed by atoms with Gasteiger partial charge in [-0.1, -0.05) is 17.7 Å². The van der Waals surface area contributed by atoms with Crippen LogP contribution in [0.4, 0.5) is 5.69 Å². The Labute approximate surface area is 143 Å². The third-order valence-corrected chi connectivity index (χ3v) is 4.48. The highest BCUT2D eigenvalue weighted by Gasteiger charge is 2.35. The van der Waals surface area contributed by atoms with Gasteiger partial charge in [0.15, 0.2) is 0 Å². The fraction of sp³-hybridized carbons (Fsp3) is 0.529. The standard InChI is InChI=1S/C17H23N3O2.ClH/c1-12-4-6-15(7-5-12)20-11-13(9-16(20)21)17(22)19-14-3-2-8-18-10-14;/h4-7,13-14,18H,2-3,8-11H2,1H3,(H,19,22);1H. The monoisotopic (exact) mass is 337 g/mol. The third-order valence-electron chi connectivity index (χ3n) is 4.48. The molecule has 0 radical (unpaired) electrons. The van der Waals surface area contributed by atoms with Crippen LogP contribution in [0.15, 0.2) is 24.3 Å². The first-order valence-electron chi connectivity index (χ1n) is 8.01. The van der Waals surface area contributed by atoms with Gasteiger partial charge < -0.3 is 15.5 Å². The molecule has 2 fully saturated rings. The molecule has 2 aliphatic heterocycles. The van der Waals surface area contributed by atoms with Crippen molar-refractivity contribution in [3.05, 3.63) is 29.8 Å². The molecule has 5 nitrogen and oxygen atoms in total. The van der Waals surface area contributed by atoms with E-state index in [1.165, 1.54) is 0 Å². The lowest BCUT2D eigenvalue weighted by molar-refractivity contribution is -0.127. The quantitative estimate of drug-likeness (QED) is 0.881. The zero-order chi connectivity index (χ0) is 15.5. The number of benzene rings is 1. The zero-order valence-corrected chi connectivity index (χ0v) is 14.2. The maximum absolute atomic E-state index is 12.4. The second kappa shape index (κ2) is 7.79. The highest BCUT2D eigenvalue weighted by Crippen LogP contribution is 2.25. The molecule has 2 unspecified atom stereocenters. The molecule has 1 aromatic rings. The highest BCUT2D eigenvalue weighted by atomic mass is 35.5. The van der Waals surface area contributed by atoms with Gasteiger partial charge in [0.2, 0.25) is 11.8 Å². The maximum Gasteiger partial charge on any atom is 0.227 e. The SMILES string of the molecule is Cc1ccc(N2CC(C(=O)NC3CCCNC3)CC2=O)cc1.Cl. The molecule has 2 amide bonds. The van der Waals surface area contributed by atoms with E-state index in [1.54, 1.807) is 4.90 Å². The summed E-state index contributed by atoms with van der Waals surface area (Å²) in [6, 6.07) is 8.06. The van der Waals surface area contributed by atoms with Gasteiger partial charge in [0.05, 0.1) is 5.92 Å². The molecule has 0 aliphatic carbocycles. The summed E-state index contributed by atoms with van der Waals surface area (Å²) >= 11 is 0. The number of piperidine rings is 1. The Morgan fingerprint density at radius 3 is 2.70 bits per heavy atom. The van der Waals surface area contributed by atoms with Gasteiger partial charge in [-0.2, -0.15) is 0 Å². The van der Waals surface area contributed by atoms with Crippen LogP contribution in [0.5, 0.6) is 0 Å². The van der Waals surface area contributed by atoms with Gasteiger partial charge in [-0.3, -0.25) is 9.59 Å². The molecule has 2 atom stereocenters. The second-order valence-electron chi connectivity index (χ2n) is 6.29. The number of carbonyl (C=O) groups is 2. The summed E-state index contributed by atoms with van der Waals surface area (Å²) in [6.07, 6.45) is 2.41. The van der Waals surface area contributed by atoms with Gasteiger partial charge in [-0.15, -0.1) is 12.4 Å². The molecule has 126 valence electrons. The number of halogens is 1. The number of anilines is 1. The van der Waals surface area contributed by atoms with E-state index in [4.69, 9.17) is 0 Å². The summed E-state index contributed by atoms with van der Waals surface area (Å²) in [5.41, 5.74) is 2.04. The molecule has 2 heterocycles. The minimum Gasteiger partial charge on any atom is -0.352 e. The molecule has 2 saturated heterocycles. The summed E-state index contributed by atoms with van der Waals surface area (Å²) < 4.78 is 0. The number of rotatable bonds is 3. The molecule has 0 saturated carbocycles. The van der Waals surface area contributed by atoms with Crippen molar-refractivity contribution in [3.8, 4) is 0 Å². The molecule has 3 rings (SSSR count). The Hall–Kier alpha value is -1.59. The topological polar surface area (TPSA) is 61.4 Å². The Morgan fingerprint density at radius 2 is 2.04 bits per heavy atom. The first-order valence-corrected chi connectivity index (χ1v) is 8.01. The smallest absolute Gasteiger partial charge is 0.227 e. The average molecular weight is 338 g/mol. The number of amides is 2. The molecule has 6 heteroatoms. The lowest BCUT2D eigenvalue weighted by Crippen LogP contribution is -2.47. The van der Waals surface area contributed by atoms with E-state index in [1.807, 2.05) is 31.2 Å². The first-order chi connectivity index (χ1) is 10.6. The summed E-state index contributed by atoms with van der Waals surface area (Å²) in [7, 11) is 0. The summed E-state index contributed by atoms with van der Waals surface area (Å²) in [5, 5.41) is 6.37. The first kappa shape index (κ1) is 17.8. The number of hydrogen-bond acceptors (Lipinski definition) is 3. The molecule has 1 aromatic carbocycles. The predicted molar refractivity (Wildman–Crippen MR) is 92.9 cm³/mol. The van der Waals surface area contributed by atoms with Crippen LogP contribution in [0.2, 0.25) is 0 Å². The van der Waals surface area contributed by atoms with Crippen molar-refractivity contribution in [1.29, 1.82) is 0 Å². The van der Waals surface area contributed by atoms with E-state index < -0.39 is 0 Å². The Bertz CT molecular complexity index is 555. The van der Waals surface area contributed by atoms with Crippen LogP contribution in [0.3, 0.4) is 0 Å². The van der Waals surface area contributed by atoms with Crippen LogP contribution >= 0.6 is 12.4 Å². The number of carbonyl (C=O) groups excluding carboxylic acids is 2. The van der Waals surface area contributed by atoms with Crippen molar-refractivity contribution in [2.24, 2.45) is 5.92 Å². The fourth-order valence-electron chi connectivity index (χ4n) is 3.15. The minimum atomic E-state index is -0.240. The molecule has 2 aliphatic rings. The summed E-state index contributed by atoms with van der Waals surface area (Å²) in [4.78, 5) is 26.3. The van der Waals surface area contributed by atoms with E-state index in [-0.39, 0.29) is 36.2 Å². The molecule has 23 heavy (non-hydrogen) atoms. The van der Waals surface area contributed by atoms with E-state index in [2.05, 4.69) is 10.6 Å². The molecule has 2 N–H and O–H groups in total. The number of hydrogen-bond donors (Lipinski definition) is 2. The largest absolute Gasteiger partial charge is 0.352 e. The molecular weight excluding hydrogens is 314 g/mol. The average Bonchev–Trinajstić information content (AvgIpc) is 2.91. The van der Waals surface area contributed by atoms with E-state index in [0.717, 1.165) is 37.2 Å². The predicted octanol–water partition coefficient (Wildman–Crippen LogP) is 1.64. The Kier molecular flexibility index (Phi) is 6.02. The van der Waals surface area contributed by atoms with E-state index in [9.17, 15) is 9.59 Å². The van der Waals surface area contributed by atoms with E-state index in [0.29, 0.717) is 13.0 Å². The van der Waals surface area contributed by atoms with Crippen molar-refractivity contribution in [3.63, 3.8) is 0 Å². The lowest BCUT2D eigenvalue weighted by Gasteiger charge is -2.25. The maximum atomic E-state index is 12.4. The van der Waals surface area contributed by atoms with Crippen molar-refractivity contribution in [2.45, 2.75) is 32.2 Å². The number of nitrogens with one attached hydrogen (secondary N) is 2. The number of nitrogens with zero attached hydrogens (tertiary/aromatic N) is 1. The minimum absolute atomic E-state index is 0. The zero-order valence-electron chi connectivity index (χ0n) is 13.4. The van der Waals surface area contributed by atoms with Gasteiger partial charge in [-0.25, -0.2) is 0 Å². The molecule has 0 aromatic heterocycles. The molecule has 0 bridgehead atoms. The van der Waals surface area contributed by atoms with Crippen molar-refractivity contribution in [2.75, 3.05) is 24.5 Å². The second-order valence-corrected chi connectivity index (χ2v) is 6.29. The van der Waals surface area contributed by atoms with Crippen LogP contribution in [-0.4, -0.2) is 37.5 Å². The summed E-state index contributed by atoms with van der Waals surface area (Å²) in [6.45, 7) is 4.35. The van der Waals surface area contributed by atoms with Gasteiger partial charge in [0.25, 0.3) is 0 Å². The summed E-state index contributed by atoms with van der Waals surface area (Å²) in [5.74, 6) is -0.196. The van der Waals surface area contributed by atoms with Gasteiger partial charge >= 0.3 is 0 Å². The Balaban J connectivity index is 0.00000192. The fourth-order valence-corrected chi connectivity index (χ4v) is 3.15. The van der Waals surface area contributed by atoms with Crippen molar-refractivity contribution < 1.29 is 9.59 Å². The van der Waals surface area contributed by atoms with Crippen LogP contribution in [-0.2, 0) is 9.59 Å². The highest BCUT2D eigenvalue weighted by molar-refractivity contribution is 6.00. The van der Waals surface area contributed by atoms with Crippen LogP contribution in [0.25, 0.3) is 0 Å². The molecule has 0 spiro atoms. The lowest BCUT2D eigenvalue weighted by atomic mass is 10.0. The van der Waals surface area contributed by atoms with Gasteiger partial charge in [0.1, 0.15) is 0 Å². The Morgan fingerprint density at radius 1 is 1.30 bits per heavy atom. The van der Waals surface area contributed by atoms with Crippen LogP contribution in [0, 0.1) is 12.8 Å². The molecular formula is C17H24ClN3O2. The normalized spacial score (nSPS) is 24.2. The van der Waals surface area contributed by atoms with Gasteiger partial charge in [-0.05, 0) is 38.4 Å². The van der Waals surface area contributed by atoms with Crippen molar-refractivity contribution >= 4 is 29.9 Å². The van der Waals surface area contributed by atoms with Crippen LogP contribution in [0.1, 0.15) is 24.8 Å². The number of aryl methyl sites for hydroxylation is 1. The van der Waals surface area contributed by atoms with Gasteiger partial charge in [0, 0.05) is 31.2 Å². The third kappa shape index (κ3) is 4.24. The van der Waals surface area contributed by atoms with E-state index >= 15 is 0 Å².